The third-order valence-electron chi connectivity index (χ3n) is 8.07. The lowest BCUT2D eigenvalue weighted by molar-refractivity contribution is -0.0385. The summed E-state index contributed by atoms with van der Waals surface area (Å²) >= 11 is 1.60. The predicted molar refractivity (Wildman–Crippen MR) is 142 cm³/mol. The van der Waals surface area contributed by atoms with Crippen LogP contribution >= 0.6 is 11.3 Å². The molecule has 0 saturated carbocycles. The molecule has 2 fully saturated rings. The van der Waals surface area contributed by atoms with E-state index in [1.54, 1.807) is 34.4 Å². The molecule has 0 spiro atoms. The molecule has 5 atom stereocenters. The Morgan fingerprint density at radius 1 is 1.27 bits per heavy atom. The highest BCUT2D eigenvalue weighted by atomic mass is 32.1. The van der Waals surface area contributed by atoms with Crippen molar-refractivity contribution in [1.29, 1.82) is 5.26 Å². The minimum atomic E-state index is -0.247. The van der Waals surface area contributed by atoms with Gasteiger partial charge < -0.3 is 5.32 Å². The molecule has 0 radical (unpaired) electrons. The number of thiazole rings is 1. The van der Waals surface area contributed by atoms with Gasteiger partial charge in [-0.3, -0.25) is 19.7 Å². The third kappa shape index (κ3) is 4.56. The number of nitrogens with one attached hydrogen (secondary N) is 2. The Kier molecular flexibility index (Phi) is 7.11. The number of carbonyl (C=O) groups excluding carboxylic acids is 1. The van der Waals surface area contributed by atoms with Crippen LogP contribution in [0.3, 0.4) is 0 Å². The standard InChI is InChI=1S/C26H35FN8OS/c1-6-17-13-35(25-24-22(32(5)26(36)30-25)14-33(31-24)9-8-28)18(7-2)12-34(17)15(3)19-10-23-21(11-20(19)27)29-16(4)37-23/h10-11,14-15,17-18,24-25,31H,6-7,9,12-13H2,1-5H3,(H,30,36)/t15-,17-,18+,24?,25?/m1/s1. The number of benzene rings is 1. The summed E-state index contributed by atoms with van der Waals surface area (Å²) in [5.41, 5.74) is 5.69. The van der Waals surface area contributed by atoms with Gasteiger partial charge in [0.25, 0.3) is 0 Å². The van der Waals surface area contributed by atoms with Crippen LogP contribution in [0.15, 0.2) is 24.0 Å². The van der Waals surface area contributed by atoms with E-state index in [9.17, 15) is 10.1 Å². The molecule has 2 aromatic rings. The molecule has 2 unspecified atom stereocenters. The van der Waals surface area contributed by atoms with Gasteiger partial charge in [0.2, 0.25) is 0 Å². The smallest absolute Gasteiger partial charge is 0.320 e. The van der Waals surface area contributed by atoms with Crippen molar-refractivity contribution in [3.05, 3.63) is 40.4 Å². The van der Waals surface area contributed by atoms with Crippen LogP contribution in [-0.4, -0.2) is 81.7 Å². The molecule has 2 saturated heterocycles. The summed E-state index contributed by atoms with van der Waals surface area (Å²) in [5, 5.41) is 15.1. The van der Waals surface area contributed by atoms with E-state index < -0.39 is 0 Å². The van der Waals surface area contributed by atoms with Gasteiger partial charge in [-0.1, -0.05) is 13.8 Å². The maximum atomic E-state index is 15.3. The normalized spacial score (nSPS) is 27.7. The van der Waals surface area contributed by atoms with Crippen LogP contribution < -0.4 is 10.7 Å². The Morgan fingerprint density at radius 2 is 2.03 bits per heavy atom. The zero-order valence-electron chi connectivity index (χ0n) is 22.0. The number of carbonyl (C=O) groups is 1. The summed E-state index contributed by atoms with van der Waals surface area (Å²) in [5.74, 6) is -0.208. The first-order valence-electron chi connectivity index (χ1n) is 13.0. The summed E-state index contributed by atoms with van der Waals surface area (Å²) in [7, 11) is 1.75. The summed E-state index contributed by atoms with van der Waals surface area (Å²) < 4.78 is 16.3. The SMILES string of the molecule is CC[C@H]1CN([C@H](C)c2cc3sc(C)nc3cc2F)[C@H](CC)CN1C1NC(=O)N(C)C2=CN(CC#N)NC21. The van der Waals surface area contributed by atoms with E-state index >= 15 is 4.39 Å². The Hall–Kier alpha value is -2.78. The molecule has 1 aromatic heterocycles. The van der Waals surface area contributed by atoms with Crippen molar-refractivity contribution in [2.75, 3.05) is 26.7 Å². The molecular weight excluding hydrogens is 491 g/mol. The molecule has 2 amide bonds. The molecule has 0 bridgehead atoms. The van der Waals surface area contributed by atoms with Crippen molar-refractivity contribution in [2.45, 2.75) is 70.9 Å². The quantitative estimate of drug-likeness (QED) is 0.557. The second-order valence-electron chi connectivity index (χ2n) is 10.2. The van der Waals surface area contributed by atoms with Crippen LogP contribution in [0.2, 0.25) is 0 Å². The van der Waals surface area contributed by atoms with E-state index in [-0.39, 0.29) is 48.7 Å². The Bertz CT molecular complexity index is 1260. The average Bonchev–Trinajstić information content (AvgIpc) is 3.47. The number of fused-ring (bicyclic) bond motifs is 2. The van der Waals surface area contributed by atoms with E-state index in [4.69, 9.17) is 0 Å². The summed E-state index contributed by atoms with van der Waals surface area (Å²) in [4.78, 5) is 23.8. The van der Waals surface area contributed by atoms with Gasteiger partial charge in [0, 0.05) is 56.1 Å². The zero-order valence-corrected chi connectivity index (χ0v) is 22.8. The van der Waals surface area contributed by atoms with Crippen LogP contribution in [0.25, 0.3) is 10.2 Å². The molecule has 11 heteroatoms. The van der Waals surface area contributed by atoms with Crippen LogP contribution in [0.4, 0.5) is 9.18 Å². The van der Waals surface area contributed by atoms with Crippen molar-refractivity contribution in [2.24, 2.45) is 0 Å². The molecule has 3 aliphatic heterocycles. The number of halogens is 1. The van der Waals surface area contributed by atoms with Crippen molar-refractivity contribution >= 4 is 27.6 Å². The molecule has 5 rings (SSSR count). The first-order valence-corrected chi connectivity index (χ1v) is 13.8. The van der Waals surface area contributed by atoms with Crippen molar-refractivity contribution in [3.63, 3.8) is 0 Å². The average molecular weight is 527 g/mol. The number of nitriles is 1. The van der Waals surface area contributed by atoms with Crippen molar-refractivity contribution < 1.29 is 9.18 Å². The van der Waals surface area contributed by atoms with Crippen LogP contribution in [-0.2, 0) is 0 Å². The first kappa shape index (κ1) is 25.9. The maximum Gasteiger partial charge on any atom is 0.322 e. The molecule has 9 nitrogen and oxygen atoms in total. The number of aromatic nitrogens is 1. The van der Waals surface area contributed by atoms with E-state index in [2.05, 4.69) is 52.4 Å². The fourth-order valence-electron chi connectivity index (χ4n) is 6.03. The largest absolute Gasteiger partial charge is 0.322 e. The fraction of sp³-hybridized carbons (Fsp3) is 0.577. The van der Waals surface area contributed by atoms with Gasteiger partial charge in [-0.15, -0.1) is 11.3 Å². The van der Waals surface area contributed by atoms with Crippen molar-refractivity contribution in [3.8, 4) is 6.07 Å². The number of likely N-dealkylation sites (N-methyl/N-ethyl adjacent to an activating group) is 1. The van der Waals surface area contributed by atoms with Crippen LogP contribution in [0.1, 0.15) is 50.2 Å². The molecule has 2 N–H and O–H groups in total. The highest BCUT2D eigenvalue weighted by Gasteiger charge is 2.47. The third-order valence-corrected chi connectivity index (χ3v) is 9.01. The minimum Gasteiger partial charge on any atom is -0.320 e. The lowest BCUT2D eigenvalue weighted by Crippen LogP contribution is -2.71. The second kappa shape index (κ2) is 10.2. The summed E-state index contributed by atoms with van der Waals surface area (Å²) in [6.45, 7) is 10.1. The lowest BCUT2D eigenvalue weighted by Gasteiger charge is -2.53. The second-order valence-corrected chi connectivity index (χ2v) is 11.4. The molecular formula is C26H35FN8OS. The van der Waals surface area contributed by atoms with Gasteiger partial charge in [-0.2, -0.15) is 5.26 Å². The molecule has 4 heterocycles. The highest BCUT2D eigenvalue weighted by Crippen LogP contribution is 2.36. The minimum absolute atomic E-state index is 0.0915. The van der Waals surface area contributed by atoms with Gasteiger partial charge in [-0.25, -0.2) is 19.6 Å². The van der Waals surface area contributed by atoms with E-state index in [1.165, 1.54) is 0 Å². The van der Waals surface area contributed by atoms with Gasteiger partial charge >= 0.3 is 6.03 Å². The number of urea groups is 1. The summed E-state index contributed by atoms with van der Waals surface area (Å²) in [6, 6.07) is 5.68. The Labute approximate surface area is 221 Å². The lowest BCUT2D eigenvalue weighted by atomic mass is 9.95. The van der Waals surface area contributed by atoms with Gasteiger partial charge in [0.05, 0.1) is 27.0 Å². The van der Waals surface area contributed by atoms with Crippen LogP contribution in [0.5, 0.6) is 0 Å². The number of hydrazine groups is 1. The molecule has 37 heavy (non-hydrogen) atoms. The Morgan fingerprint density at radius 3 is 2.73 bits per heavy atom. The number of hydrogen-bond donors (Lipinski definition) is 2. The fourth-order valence-corrected chi connectivity index (χ4v) is 6.89. The Balaban J connectivity index is 1.41. The van der Waals surface area contributed by atoms with Gasteiger partial charge in [-0.05, 0) is 32.8 Å². The van der Waals surface area contributed by atoms with E-state index in [0.29, 0.717) is 5.56 Å². The van der Waals surface area contributed by atoms with Crippen molar-refractivity contribution in [1.82, 2.24) is 35.4 Å². The van der Waals surface area contributed by atoms with E-state index in [1.807, 2.05) is 19.2 Å². The van der Waals surface area contributed by atoms with Gasteiger partial charge in [0.15, 0.2) is 0 Å². The predicted octanol–water partition coefficient (Wildman–Crippen LogP) is 3.51. The van der Waals surface area contributed by atoms with Gasteiger partial charge in [0.1, 0.15) is 24.6 Å². The monoisotopic (exact) mass is 526 g/mol. The highest BCUT2D eigenvalue weighted by molar-refractivity contribution is 7.18. The van der Waals surface area contributed by atoms with E-state index in [0.717, 1.165) is 46.9 Å². The topological polar surface area (TPSA) is 90.8 Å². The summed E-state index contributed by atoms with van der Waals surface area (Å²) in [6.07, 6.45) is 3.41. The maximum absolute atomic E-state index is 15.3. The molecule has 3 aliphatic rings. The first-order chi connectivity index (χ1) is 17.7. The number of aryl methyl sites for hydroxylation is 1. The molecule has 1 aromatic carbocycles. The molecule has 0 aliphatic carbocycles. The van der Waals surface area contributed by atoms with Crippen LogP contribution in [0, 0.1) is 24.1 Å². The number of nitrogens with zero attached hydrogens (tertiary/aromatic N) is 6. The number of hydrogen-bond acceptors (Lipinski definition) is 8. The number of piperazine rings is 1. The number of rotatable bonds is 6. The number of amides is 2. The molecule has 198 valence electrons. The zero-order chi connectivity index (χ0) is 26.4.